The zero-order chi connectivity index (χ0) is 6.41. The highest BCUT2D eigenvalue weighted by Gasteiger charge is 2.48. The zero-order valence-electron chi connectivity index (χ0n) is 6.12. The van der Waals surface area contributed by atoms with E-state index in [4.69, 9.17) is 4.65 Å². The van der Waals surface area contributed by atoms with Crippen LogP contribution in [0.3, 0.4) is 0 Å². The van der Waals surface area contributed by atoms with Crippen LogP contribution in [0.1, 0.15) is 27.7 Å². The smallest absolute Gasteiger partial charge is 0.284 e. The Morgan fingerprint density at radius 1 is 1.12 bits per heavy atom. The summed E-state index contributed by atoms with van der Waals surface area (Å²) in [7, 11) is 0.917. The van der Waals surface area contributed by atoms with Crippen LogP contribution in [-0.2, 0) is 4.65 Å². The third kappa shape index (κ3) is 0.592. The molecule has 8 heavy (non-hydrogen) atoms. The SMILES string of the molecule is CC1(C)BOC1(C)C. The highest BCUT2D eigenvalue weighted by molar-refractivity contribution is 6.36. The van der Waals surface area contributed by atoms with Gasteiger partial charge in [0.2, 0.25) is 0 Å². The Morgan fingerprint density at radius 2 is 1.50 bits per heavy atom. The first kappa shape index (κ1) is 6.15. The molecular weight excluding hydrogens is 98.9 g/mol. The van der Waals surface area contributed by atoms with Gasteiger partial charge in [-0.15, -0.1) is 0 Å². The third-order valence-electron chi connectivity index (χ3n) is 2.42. The molecule has 0 aromatic heterocycles. The molecule has 0 amide bonds. The summed E-state index contributed by atoms with van der Waals surface area (Å²) in [4.78, 5) is 0. The van der Waals surface area contributed by atoms with Crippen molar-refractivity contribution in [2.75, 3.05) is 0 Å². The molecule has 0 unspecified atom stereocenters. The lowest BCUT2D eigenvalue weighted by atomic mass is 9.51. The predicted octanol–water partition coefficient (Wildman–Crippen LogP) is 1.35. The van der Waals surface area contributed by atoms with Crippen molar-refractivity contribution < 1.29 is 4.65 Å². The van der Waals surface area contributed by atoms with Crippen LogP contribution < -0.4 is 0 Å². The maximum atomic E-state index is 5.33. The molecule has 0 bridgehead atoms. The molecule has 1 heterocycles. The van der Waals surface area contributed by atoms with Gasteiger partial charge in [-0.05, 0) is 19.2 Å². The molecule has 0 spiro atoms. The van der Waals surface area contributed by atoms with Gasteiger partial charge in [0.25, 0.3) is 7.48 Å². The first-order valence-corrected chi connectivity index (χ1v) is 3.10. The van der Waals surface area contributed by atoms with E-state index in [1.807, 2.05) is 0 Å². The number of rotatable bonds is 0. The summed E-state index contributed by atoms with van der Waals surface area (Å²) < 4.78 is 5.33. The van der Waals surface area contributed by atoms with Gasteiger partial charge >= 0.3 is 0 Å². The van der Waals surface area contributed by atoms with Crippen LogP contribution in [0.5, 0.6) is 0 Å². The van der Waals surface area contributed by atoms with Crippen molar-refractivity contribution >= 4 is 7.48 Å². The number of hydrogen-bond donors (Lipinski definition) is 0. The van der Waals surface area contributed by atoms with Gasteiger partial charge in [0, 0.05) is 5.60 Å². The molecule has 0 N–H and O–H groups in total. The van der Waals surface area contributed by atoms with E-state index >= 15 is 0 Å². The standard InChI is InChI=1S/C6H13BO/c1-5(2)6(3,4)8-7-5/h7H,1-4H3. The molecule has 0 atom stereocenters. The largest absolute Gasteiger partial charge is 0.434 e. The quantitative estimate of drug-likeness (QED) is 0.429. The van der Waals surface area contributed by atoms with Crippen LogP contribution >= 0.6 is 0 Å². The Bertz CT molecular complexity index is 93.1. The second-order valence-corrected chi connectivity index (χ2v) is 3.68. The summed E-state index contributed by atoms with van der Waals surface area (Å²) in [6.45, 7) is 8.74. The van der Waals surface area contributed by atoms with E-state index in [2.05, 4.69) is 27.7 Å². The van der Waals surface area contributed by atoms with E-state index in [9.17, 15) is 0 Å². The Hall–Kier alpha value is 0.0249. The van der Waals surface area contributed by atoms with Crippen molar-refractivity contribution in [1.82, 2.24) is 0 Å². The summed E-state index contributed by atoms with van der Waals surface area (Å²) in [5.74, 6) is 0. The molecule has 1 saturated heterocycles. The van der Waals surface area contributed by atoms with Gasteiger partial charge in [-0.2, -0.15) is 0 Å². The van der Waals surface area contributed by atoms with Crippen molar-refractivity contribution in [2.45, 2.75) is 38.6 Å². The second-order valence-electron chi connectivity index (χ2n) is 3.68. The minimum absolute atomic E-state index is 0.118. The molecule has 0 saturated carbocycles. The molecule has 2 heteroatoms. The fourth-order valence-electron chi connectivity index (χ4n) is 0.650. The monoisotopic (exact) mass is 112 g/mol. The maximum Gasteiger partial charge on any atom is 0.284 e. The average molecular weight is 112 g/mol. The summed E-state index contributed by atoms with van der Waals surface area (Å²) >= 11 is 0. The van der Waals surface area contributed by atoms with Crippen LogP contribution in [0, 0.1) is 0 Å². The minimum atomic E-state index is 0.118. The van der Waals surface area contributed by atoms with Gasteiger partial charge in [0.05, 0.1) is 0 Å². The van der Waals surface area contributed by atoms with Crippen LogP contribution in [0.2, 0.25) is 5.31 Å². The molecule has 0 radical (unpaired) electrons. The molecule has 1 aliphatic rings. The van der Waals surface area contributed by atoms with E-state index in [1.54, 1.807) is 0 Å². The normalized spacial score (nSPS) is 30.5. The van der Waals surface area contributed by atoms with E-state index in [-0.39, 0.29) is 5.60 Å². The van der Waals surface area contributed by atoms with Gasteiger partial charge in [0.15, 0.2) is 0 Å². The Labute approximate surface area is 51.7 Å². The van der Waals surface area contributed by atoms with Crippen molar-refractivity contribution in [3.63, 3.8) is 0 Å². The Balaban J connectivity index is 2.63. The summed E-state index contributed by atoms with van der Waals surface area (Å²) in [5, 5.41) is 0.396. The average Bonchev–Trinajstić information content (AvgIpc) is 1.64. The van der Waals surface area contributed by atoms with Gasteiger partial charge in [-0.25, -0.2) is 0 Å². The van der Waals surface area contributed by atoms with Crippen LogP contribution in [0.15, 0.2) is 0 Å². The highest BCUT2D eigenvalue weighted by Crippen LogP contribution is 2.47. The summed E-state index contributed by atoms with van der Waals surface area (Å²) in [6, 6.07) is 0. The van der Waals surface area contributed by atoms with Crippen molar-refractivity contribution in [2.24, 2.45) is 0 Å². The molecule has 46 valence electrons. The lowest BCUT2D eigenvalue weighted by molar-refractivity contribution is -0.000350. The third-order valence-corrected chi connectivity index (χ3v) is 2.42. The first-order chi connectivity index (χ1) is 3.46. The fourth-order valence-corrected chi connectivity index (χ4v) is 0.650. The molecule has 1 aliphatic heterocycles. The van der Waals surface area contributed by atoms with Crippen molar-refractivity contribution in [1.29, 1.82) is 0 Å². The molecule has 1 fully saturated rings. The van der Waals surface area contributed by atoms with Gasteiger partial charge in [0.1, 0.15) is 0 Å². The predicted molar refractivity (Wildman–Crippen MR) is 36.4 cm³/mol. The fraction of sp³-hybridized carbons (Fsp3) is 1.00. The summed E-state index contributed by atoms with van der Waals surface area (Å²) in [5.41, 5.74) is 0.118. The van der Waals surface area contributed by atoms with E-state index in [0.717, 1.165) is 7.48 Å². The van der Waals surface area contributed by atoms with Gasteiger partial charge in [-0.3, -0.25) is 0 Å². The molecule has 0 aromatic carbocycles. The van der Waals surface area contributed by atoms with E-state index in [1.165, 1.54) is 0 Å². The molecular formula is C6H13BO. The second kappa shape index (κ2) is 1.30. The van der Waals surface area contributed by atoms with Crippen LogP contribution in [0.4, 0.5) is 0 Å². The Morgan fingerprint density at radius 3 is 1.50 bits per heavy atom. The zero-order valence-corrected chi connectivity index (χ0v) is 6.12. The molecule has 1 nitrogen and oxygen atoms in total. The van der Waals surface area contributed by atoms with Gasteiger partial charge < -0.3 is 4.65 Å². The first-order valence-electron chi connectivity index (χ1n) is 3.10. The van der Waals surface area contributed by atoms with E-state index in [0.29, 0.717) is 5.31 Å². The lowest BCUT2D eigenvalue weighted by Crippen LogP contribution is -2.53. The summed E-state index contributed by atoms with van der Waals surface area (Å²) in [6.07, 6.45) is 0. The molecule has 1 rings (SSSR count). The van der Waals surface area contributed by atoms with E-state index < -0.39 is 0 Å². The van der Waals surface area contributed by atoms with Crippen LogP contribution in [0.25, 0.3) is 0 Å². The van der Waals surface area contributed by atoms with Crippen LogP contribution in [-0.4, -0.2) is 13.1 Å². The minimum Gasteiger partial charge on any atom is -0.434 e. The topological polar surface area (TPSA) is 9.23 Å². The Kier molecular flexibility index (Phi) is 0.997. The number of hydrogen-bond acceptors (Lipinski definition) is 1. The lowest BCUT2D eigenvalue weighted by Gasteiger charge is -2.51. The van der Waals surface area contributed by atoms with Gasteiger partial charge in [-0.1, -0.05) is 13.8 Å². The molecule has 0 aliphatic carbocycles. The van der Waals surface area contributed by atoms with Crippen molar-refractivity contribution in [3.05, 3.63) is 0 Å². The maximum absolute atomic E-state index is 5.33. The molecule has 0 aromatic rings. The highest BCUT2D eigenvalue weighted by atomic mass is 16.5. The van der Waals surface area contributed by atoms with Crippen molar-refractivity contribution in [3.8, 4) is 0 Å².